The van der Waals surface area contributed by atoms with Gasteiger partial charge in [-0.05, 0) is 30.0 Å². The first-order valence-corrected chi connectivity index (χ1v) is 6.08. The van der Waals surface area contributed by atoms with Gasteiger partial charge in [0.15, 0.2) is 0 Å². The van der Waals surface area contributed by atoms with Gasteiger partial charge in [0.05, 0.1) is 12.0 Å². The van der Waals surface area contributed by atoms with E-state index in [1.807, 2.05) is 12.1 Å². The molecule has 3 heteroatoms. The highest BCUT2D eigenvalue weighted by molar-refractivity contribution is 6.02. The van der Waals surface area contributed by atoms with Crippen LogP contribution in [-0.2, 0) is 22.4 Å². The molecule has 0 unspecified atom stereocenters. The highest BCUT2D eigenvalue weighted by Gasteiger charge is 2.26. The van der Waals surface area contributed by atoms with Gasteiger partial charge in [-0.15, -0.1) is 0 Å². The van der Waals surface area contributed by atoms with Crippen molar-refractivity contribution in [2.45, 2.75) is 39.0 Å². The van der Waals surface area contributed by atoms with Crippen molar-refractivity contribution >= 4 is 11.9 Å². The second kappa shape index (κ2) is 5.13. The summed E-state index contributed by atoms with van der Waals surface area (Å²) in [5, 5.41) is 0. The van der Waals surface area contributed by atoms with E-state index in [1.54, 1.807) is 6.07 Å². The van der Waals surface area contributed by atoms with Gasteiger partial charge in [-0.2, -0.15) is 0 Å². The Balaban J connectivity index is 2.25. The van der Waals surface area contributed by atoms with E-state index >= 15 is 0 Å². The van der Waals surface area contributed by atoms with Crippen molar-refractivity contribution < 1.29 is 14.3 Å². The number of hydrogen-bond donors (Lipinski definition) is 0. The summed E-state index contributed by atoms with van der Waals surface area (Å²) in [5.41, 5.74) is 2.53. The molecular weight excluding hydrogens is 216 g/mol. The van der Waals surface area contributed by atoms with Crippen molar-refractivity contribution in [2.24, 2.45) is 0 Å². The Morgan fingerprint density at radius 1 is 1.24 bits per heavy atom. The summed E-state index contributed by atoms with van der Waals surface area (Å²) in [6, 6.07) is 5.59. The SMILES string of the molecule is CCCCCc1cccc2c1CC(=O)OC2=O. The third-order valence-corrected chi connectivity index (χ3v) is 3.07. The van der Waals surface area contributed by atoms with Crippen molar-refractivity contribution in [1.29, 1.82) is 0 Å². The molecule has 1 aromatic carbocycles. The van der Waals surface area contributed by atoms with Crippen molar-refractivity contribution in [3.05, 3.63) is 34.9 Å². The van der Waals surface area contributed by atoms with Crippen LogP contribution in [0.25, 0.3) is 0 Å². The molecule has 0 radical (unpaired) electrons. The number of rotatable bonds is 4. The number of hydrogen-bond acceptors (Lipinski definition) is 3. The molecule has 1 aliphatic rings. The third-order valence-electron chi connectivity index (χ3n) is 3.07. The molecule has 0 fully saturated rings. The van der Waals surface area contributed by atoms with E-state index in [4.69, 9.17) is 0 Å². The van der Waals surface area contributed by atoms with Gasteiger partial charge in [0.25, 0.3) is 0 Å². The minimum absolute atomic E-state index is 0.226. The number of carbonyl (C=O) groups excluding carboxylic acids is 2. The van der Waals surface area contributed by atoms with Crippen LogP contribution >= 0.6 is 0 Å². The molecule has 0 saturated carbocycles. The average molecular weight is 232 g/mol. The van der Waals surface area contributed by atoms with E-state index in [9.17, 15) is 9.59 Å². The van der Waals surface area contributed by atoms with Crippen LogP contribution in [0.5, 0.6) is 0 Å². The molecule has 2 rings (SSSR count). The Morgan fingerprint density at radius 3 is 2.82 bits per heavy atom. The molecule has 0 spiro atoms. The predicted octanol–water partition coefficient (Wildman–Crippen LogP) is 2.66. The zero-order chi connectivity index (χ0) is 12.3. The van der Waals surface area contributed by atoms with Crippen LogP contribution in [0.15, 0.2) is 18.2 Å². The molecule has 90 valence electrons. The lowest BCUT2D eigenvalue weighted by molar-refractivity contribution is -0.137. The summed E-state index contributed by atoms with van der Waals surface area (Å²) < 4.78 is 4.62. The fourth-order valence-electron chi connectivity index (χ4n) is 2.17. The Hall–Kier alpha value is -1.64. The molecule has 1 heterocycles. The van der Waals surface area contributed by atoms with Crippen LogP contribution in [0.3, 0.4) is 0 Å². The largest absolute Gasteiger partial charge is 0.389 e. The molecule has 0 bridgehead atoms. The van der Waals surface area contributed by atoms with Crippen LogP contribution in [0.1, 0.15) is 47.7 Å². The first-order valence-electron chi connectivity index (χ1n) is 6.08. The van der Waals surface area contributed by atoms with E-state index in [2.05, 4.69) is 11.7 Å². The fourth-order valence-corrected chi connectivity index (χ4v) is 2.17. The third kappa shape index (κ3) is 2.54. The lowest BCUT2D eigenvalue weighted by Crippen LogP contribution is -2.24. The Bertz CT molecular complexity index is 449. The second-order valence-electron chi connectivity index (χ2n) is 4.34. The predicted molar refractivity (Wildman–Crippen MR) is 63.8 cm³/mol. The van der Waals surface area contributed by atoms with Crippen molar-refractivity contribution in [2.75, 3.05) is 0 Å². The molecule has 1 aromatic rings. The maximum Gasteiger partial charge on any atom is 0.346 e. The van der Waals surface area contributed by atoms with Gasteiger partial charge in [0.1, 0.15) is 0 Å². The zero-order valence-corrected chi connectivity index (χ0v) is 9.99. The number of aryl methyl sites for hydroxylation is 1. The minimum Gasteiger partial charge on any atom is -0.389 e. The Labute approximate surface area is 101 Å². The summed E-state index contributed by atoms with van der Waals surface area (Å²) in [4.78, 5) is 22.8. The van der Waals surface area contributed by atoms with Gasteiger partial charge in [-0.3, -0.25) is 4.79 Å². The van der Waals surface area contributed by atoms with E-state index in [-0.39, 0.29) is 6.42 Å². The number of carbonyl (C=O) groups is 2. The van der Waals surface area contributed by atoms with Crippen LogP contribution < -0.4 is 0 Å². The Kier molecular flexibility index (Phi) is 3.57. The Morgan fingerprint density at radius 2 is 2.06 bits per heavy atom. The zero-order valence-electron chi connectivity index (χ0n) is 9.99. The van der Waals surface area contributed by atoms with Gasteiger partial charge in [-0.1, -0.05) is 31.9 Å². The monoisotopic (exact) mass is 232 g/mol. The van der Waals surface area contributed by atoms with Crippen LogP contribution in [-0.4, -0.2) is 11.9 Å². The van der Waals surface area contributed by atoms with E-state index < -0.39 is 11.9 Å². The molecular formula is C14H16O3. The molecule has 0 N–H and O–H groups in total. The highest BCUT2D eigenvalue weighted by Crippen LogP contribution is 2.23. The molecule has 0 atom stereocenters. The van der Waals surface area contributed by atoms with Crippen molar-refractivity contribution in [3.63, 3.8) is 0 Å². The highest BCUT2D eigenvalue weighted by atomic mass is 16.6. The van der Waals surface area contributed by atoms with Gasteiger partial charge < -0.3 is 4.74 Å². The number of benzene rings is 1. The standard InChI is InChI=1S/C14H16O3/c1-2-3-4-6-10-7-5-8-11-12(10)9-13(15)17-14(11)16/h5,7-8H,2-4,6,9H2,1H3. The quantitative estimate of drug-likeness (QED) is 0.455. The maximum atomic E-state index is 11.5. The number of fused-ring (bicyclic) bond motifs is 1. The van der Waals surface area contributed by atoms with E-state index in [0.717, 1.165) is 30.4 Å². The topological polar surface area (TPSA) is 43.4 Å². The number of esters is 2. The van der Waals surface area contributed by atoms with Gasteiger partial charge in [0.2, 0.25) is 0 Å². The lowest BCUT2D eigenvalue weighted by Gasteiger charge is -2.17. The van der Waals surface area contributed by atoms with Crippen LogP contribution in [0, 0.1) is 0 Å². The first-order chi connectivity index (χ1) is 8.22. The van der Waals surface area contributed by atoms with E-state index in [0.29, 0.717) is 5.56 Å². The summed E-state index contributed by atoms with van der Waals surface area (Å²) >= 11 is 0. The molecule has 1 aliphatic heterocycles. The summed E-state index contributed by atoms with van der Waals surface area (Å²) in [7, 11) is 0. The normalized spacial score (nSPS) is 14.4. The number of ether oxygens (including phenoxy) is 1. The summed E-state index contributed by atoms with van der Waals surface area (Å²) in [5.74, 6) is -0.945. The maximum absolute atomic E-state index is 11.5. The minimum atomic E-state index is -0.506. The first kappa shape index (κ1) is 11.8. The molecule has 0 aliphatic carbocycles. The second-order valence-corrected chi connectivity index (χ2v) is 4.34. The molecule has 0 saturated heterocycles. The average Bonchev–Trinajstić information content (AvgIpc) is 2.30. The van der Waals surface area contributed by atoms with Crippen LogP contribution in [0.4, 0.5) is 0 Å². The van der Waals surface area contributed by atoms with Gasteiger partial charge in [0, 0.05) is 0 Å². The smallest absolute Gasteiger partial charge is 0.346 e. The van der Waals surface area contributed by atoms with Gasteiger partial charge >= 0.3 is 11.9 Å². The molecule has 0 aromatic heterocycles. The number of unbranched alkanes of at least 4 members (excludes halogenated alkanes) is 2. The lowest BCUT2D eigenvalue weighted by atomic mass is 9.93. The van der Waals surface area contributed by atoms with Crippen LogP contribution in [0.2, 0.25) is 0 Å². The van der Waals surface area contributed by atoms with Gasteiger partial charge in [-0.25, -0.2) is 4.79 Å². The van der Waals surface area contributed by atoms with Crippen molar-refractivity contribution in [3.8, 4) is 0 Å². The fraction of sp³-hybridized carbons (Fsp3) is 0.429. The molecule has 0 amide bonds. The summed E-state index contributed by atoms with van der Waals surface area (Å²) in [6.07, 6.45) is 4.58. The molecule has 17 heavy (non-hydrogen) atoms. The molecule has 3 nitrogen and oxygen atoms in total. The van der Waals surface area contributed by atoms with E-state index in [1.165, 1.54) is 6.42 Å². The summed E-state index contributed by atoms with van der Waals surface area (Å²) in [6.45, 7) is 2.15. The van der Waals surface area contributed by atoms with Crippen molar-refractivity contribution in [1.82, 2.24) is 0 Å². The number of cyclic esters (lactones) is 2.